The monoisotopic (exact) mass is 396 g/mol. The number of nitrogens with two attached hydrogens (primary N) is 1. The molecule has 28 heavy (non-hydrogen) atoms. The van der Waals surface area contributed by atoms with Crippen LogP contribution in [0.5, 0.6) is 0 Å². The van der Waals surface area contributed by atoms with Gasteiger partial charge < -0.3 is 15.8 Å². The van der Waals surface area contributed by atoms with Gasteiger partial charge in [0, 0.05) is 35.7 Å². The van der Waals surface area contributed by atoms with E-state index in [1.807, 2.05) is 0 Å². The van der Waals surface area contributed by atoms with Gasteiger partial charge in [-0.25, -0.2) is 9.38 Å². The van der Waals surface area contributed by atoms with Crippen LogP contribution in [0.1, 0.15) is 22.5 Å². The Kier molecular flexibility index (Phi) is 5.12. The second-order valence-corrected chi connectivity index (χ2v) is 7.89. The molecule has 3 N–H and O–H groups in total. The Labute approximate surface area is 167 Å². The molecule has 9 heteroatoms. The van der Waals surface area contributed by atoms with E-state index in [-0.39, 0.29) is 18.2 Å². The molecule has 0 spiro atoms. The summed E-state index contributed by atoms with van der Waals surface area (Å²) >= 11 is 1.48. The van der Waals surface area contributed by atoms with E-state index in [0.717, 1.165) is 12.2 Å². The zero-order valence-electron chi connectivity index (χ0n) is 15.0. The number of hydrogen-bond acceptors (Lipinski definition) is 6. The molecule has 0 aliphatic carbocycles. The molecule has 2 radical (unpaired) electrons. The molecule has 0 bridgehead atoms. The highest BCUT2D eigenvalue weighted by molar-refractivity contribution is 8.13. The Morgan fingerprint density at radius 2 is 2.25 bits per heavy atom. The molecular formula is C19H18BFN4O2S. The van der Waals surface area contributed by atoms with Gasteiger partial charge in [-0.15, -0.1) is 0 Å². The van der Waals surface area contributed by atoms with Gasteiger partial charge in [-0.3, -0.25) is 9.78 Å². The van der Waals surface area contributed by atoms with Gasteiger partial charge in [0.1, 0.15) is 24.9 Å². The zero-order chi connectivity index (χ0) is 19.7. The van der Waals surface area contributed by atoms with Crippen LogP contribution in [0, 0.1) is 11.7 Å². The van der Waals surface area contributed by atoms with E-state index in [2.05, 4.69) is 15.3 Å². The quantitative estimate of drug-likeness (QED) is 0.769. The first kappa shape index (κ1) is 19.0. The number of aliphatic imine (C=N–C) groups is 1. The summed E-state index contributed by atoms with van der Waals surface area (Å²) in [6.07, 6.45) is 2.18. The van der Waals surface area contributed by atoms with E-state index in [1.165, 1.54) is 36.2 Å². The molecule has 2 aliphatic heterocycles. The molecule has 0 saturated carbocycles. The molecule has 6 nitrogen and oxygen atoms in total. The molecule has 2 aliphatic rings. The predicted molar refractivity (Wildman–Crippen MR) is 109 cm³/mol. The Morgan fingerprint density at radius 1 is 1.39 bits per heavy atom. The SMILES string of the molecule is [B]c1ccc(C(=O)Nc2ccc(F)c(C34COCCC3CSC(N)=N4)c2)nc1. The number of amides is 1. The van der Waals surface area contributed by atoms with Gasteiger partial charge in [-0.05, 0) is 30.7 Å². The highest BCUT2D eigenvalue weighted by Gasteiger charge is 2.47. The van der Waals surface area contributed by atoms with Gasteiger partial charge in [0.25, 0.3) is 5.91 Å². The van der Waals surface area contributed by atoms with E-state index in [1.54, 1.807) is 12.1 Å². The lowest BCUT2D eigenvalue weighted by molar-refractivity contribution is 0.00304. The molecule has 1 amide bonds. The summed E-state index contributed by atoms with van der Waals surface area (Å²) < 4.78 is 20.5. The van der Waals surface area contributed by atoms with Crippen LogP contribution >= 0.6 is 11.8 Å². The van der Waals surface area contributed by atoms with Crippen molar-refractivity contribution >= 4 is 41.8 Å². The van der Waals surface area contributed by atoms with Crippen LogP contribution < -0.4 is 16.5 Å². The highest BCUT2D eigenvalue weighted by Crippen LogP contribution is 2.45. The van der Waals surface area contributed by atoms with Crippen molar-refractivity contribution in [1.29, 1.82) is 0 Å². The fourth-order valence-corrected chi connectivity index (χ4v) is 4.64. The zero-order valence-corrected chi connectivity index (χ0v) is 15.8. The van der Waals surface area contributed by atoms with E-state index in [0.29, 0.717) is 28.5 Å². The number of nitrogens with zero attached hydrogens (tertiary/aromatic N) is 2. The van der Waals surface area contributed by atoms with Crippen LogP contribution in [0.25, 0.3) is 0 Å². The predicted octanol–water partition coefficient (Wildman–Crippen LogP) is 1.56. The molecule has 142 valence electrons. The summed E-state index contributed by atoms with van der Waals surface area (Å²) in [7, 11) is 5.60. The molecule has 1 aromatic carbocycles. The molecule has 2 atom stereocenters. The van der Waals surface area contributed by atoms with Gasteiger partial charge in [-0.2, -0.15) is 0 Å². The smallest absolute Gasteiger partial charge is 0.274 e. The first-order valence-corrected chi connectivity index (χ1v) is 9.85. The van der Waals surface area contributed by atoms with Gasteiger partial charge in [0.05, 0.1) is 6.61 Å². The molecule has 1 saturated heterocycles. The number of carbonyl (C=O) groups excluding carboxylic acids is 1. The van der Waals surface area contributed by atoms with Crippen molar-refractivity contribution in [3.8, 4) is 0 Å². The summed E-state index contributed by atoms with van der Waals surface area (Å²) in [6, 6.07) is 7.57. The summed E-state index contributed by atoms with van der Waals surface area (Å²) in [4.78, 5) is 21.1. The molecule has 2 aromatic rings. The average Bonchev–Trinajstić information content (AvgIpc) is 2.69. The minimum atomic E-state index is -0.877. The second-order valence-electron chi connectivity index (χ2n) is 6.85. The van der Waals surface area contributed by atoms with Crippen molar-refractivity contribution in [2.24, 2.45) is 16.6 Å². The average molecular weight is 396 g/mol. The van der Waals surface area contributed by atoms with E-state index in [4.69, 9.17) is 18.3 Å². The number of rotatable bonds is 3. The highest BCUT2D eigenvalue weighted by atomic mass is 32.2. The minimum absolute atomic E-state index is 0.109. The van der Waals surface area contributed by atoms with Crippen LogP contribution in [-0.2, 0) is 10.3 Å². The number of benzene rings is 1. The number of hydrogen-bond donors (Lipinski definition) is 2. The van der Waals surface area contributed by atoms with Crippen molar-refractivity contribution in [3.05, 3.63) is 53.6 Å². The number of fused-ring (bicyclic) bond motifs is 1. The number of halogens is 1. The normalized spacial score (nSPS) is 24.2. The van der Waals surface area contributed by atoms with Crippen LogP contribution in [0.4, 0.5) is 10.1 Å². The molecule has 3 heterocycles. The van der Waals surface area contributed by atoms with Gasteiger partial charge >= 0.3 is 0 Å². The van der Waals surface area contributed by atoms with Crippen molar-refractivity contribution in [3.63, 3.8) is 0 Å². The third kappa shape index (κ3) is 3.52. The van der Waals surface area contributed by atoms with Gasteiger partial charge in [-0.1, -0.05) is 23.3 Å². The van der Waals surface area contributed by atoms with Crippen molar-refractivity contribution < 1.29 is 13.9 Å². The van der Waals surface area contributed by atoms with Crippen molar-refractivity contribution in [2.45, 2.75) is 12.0 Å². The number of thioether (sulfide) groups is 1. The Balaban J connectivity index is 1.68. The number of amidine groups is 1. The van der Waals surface area contributed by atoms with Crippen molar-refractivity contribution in [1.82, 2.24) is 4.98 Å². The van der Waals surface area contributed by atoms with Crippen molar-refractivity contribution in [2.75, 3.05) is 24.3 Å². The largest absolute Gasteiger partial charge is 0.379 e. The number of carbonyl (C=O) groups is 1. The molecule has 4 rings (SSSR count). The fraction of sp³-hybridized carbons (Fsp3) is 0.316. The van der Waals surface area contributed by atoms with Crippen LogP contribution in [-0.4, -0.2) is 42.9 Å². The summed E-state index contributed by atoms with van der Waals surface area (Å²) in [5.74, 6) is 0.0541. The van der Waals surface area contributed by atoms with E-state index in [9.17, 15) is 9.18 Å². The van der Waals surface area contributed by atoms with E-state index >= 15 is 0 Å². The first-order chi connectivity index (χ1) is 13.5. The van der Waals surface area contributed by atoms with Gasteiger partial charge in [0.2, 0.25) is 0 Å². The van der Waals surface area contributed by atoms with Crippen LogP contribution in [0.2, 0.25) is 0 Å². The first-order valence-electron chi connectivity index (χ1n) is 8.87. The lowest BCUT2D eigenvalue weighted by atomic mass is 9.76. The topological polar surface area (TPSA) is 89.6 Å². The summed E-state index contributed by atoms with van der Waals surface area (Å²) in [5, 5.41) is 3.17. The third-order valence-electron chi connectivity index (χ3n) is 5.06. The fourth-order valence-electron chi connectivity index (χ4n) is 3.60. The third-order valence-corrected chi connectivity index (χ3v) is 6.02. The molecule has 2 unspecified atom stereocenters. The molecule has 1 aromatic heterocycles. The number of aromatic nitrogens is 1. The second kappa shape index (κ2) is 7.56. The van der Waals surface area contributed by atoms with E-state index < -0.39 is 17.3 Å². The Bertz CT molecular complexity index is 940. The maximum absolute atomic E-state index is 14.8. The molecular weight excluding hydrogens is 378 g/mol. The van der Waals surface area contributed by atoms with Crippen LogP contribution in [0.15, 0.2) is 41.5 Å². The lowest BCUT2D eigenvalue weighted by Crippen LogP contribution is -2.48. The maximum Gasteiger partial charge on any atom is 0.274 e. The number of ether oxygens (including phenoxy) is 1. The summed E-state index contributed by atoms with van der Waals surface area (Å²) in [6.45, 7) is 0.871. The minimum Gasteiger partial charge on any atom is -0.379 e. The number of pyridine rings is 1. The standard InChI is InChI=1S/C19H18BFN4O2S/c20-12-1-4-16(23-8-12)17(26)24-13-2-3-15(21)14(7-13)19-10-27-6-5-11(19)9-28-18(22)25-19/h1-4,7-8,11H,5-6,9-10H2,(H2,22,25)(H,24,26). The van der Waals surface area contributed by atoms with Crippen LogP contribution in [0.3, 0.4) is 0 Å². The summed E-state index contributed by atoms with van der Waals surface area (Å²) in [5.41, 5.74) is 6.60. The lowest BCUT2D eigenvalue weighted by Gasteiger charge is -2.43. The number of anilines is 1. The number of nitrogens with one attached hydrogen (secondary N) is 1. The van der Waals surface area contributed by atoms with Gasteiger partial charge in [0.15, 0.2) is 5.17 Å². The Morgan fingerprint density at radius 3 is 3.04 bits per heavy atom. The maximum atomic E-state index is 14.8. The molecule has 1 fully saturated rings. The Hall–Kier alpha value is -2.39.